The number of rotatable bonds is 5. The Kier molecular flexibility index (Phi) is 4.06. The van der Waals surface area contributed by atoms with Crippen LogP contribution in [0.2, 0.25) is 0 Å². The third-order valence-electron chi connectivity index (χ3n) is 2.85. The van der Waals surface area contributed by atoms with E-state index in [1.165, 1.54) is 7.11 Å². The molecule has 0 radical (unpaired) electrons. The minimum absolute atomic E-state index is 0.0837. The van der Waals surface area contributed by atoms with Gasteiger partial charge in [-0.3, -0.25) is 0 Å². The summed E-state index contributed by atoms with van der Waals surface area (Å²) >= 11 is 0. The minimum Gasteiger partial charge on any atom is -0.464 e. The maximum atomic E-state index is 12.1. The molecule has 5 nitrogen and oxygen atoms in total. The van der Waals surface area contributed by atoms with Crippen molar-refractivity contribution in [3.63, 3.8) is 0 Å². The average Bonchev–Trinajstić information content (AvgIpc) is 2.70. The molecule has 1 aromatic heterocycles. The quantitative estimate of drug-likeness (QED) is 0.613. The second-order valence-electron chi connectivity index (χ2n) is 4.03. The number of carbonyl (C=O) groups is 1. The fourth-order valence-corrected chi connectivity index (χ4v) is 2.05. The van der Waals surface area contributed by atoms with E-state index in [1.54, 1.807) is 11.5 Å². The van der Waals surface area contributed by atoms with Crippen molar-refractivity contribution in [1.29, 1.82) is 0 Å². The molecule has 1 heterocycles. The molecular formula is C14H17NO4. The maximum Gasteiger partial charge on any atom is 0.358 e. The number of aryl methyl sites for hydroxylation is 1. The zero-order chi connectivity index (χ0) is 13.8. The first-order valence-electron chi connectivity index (χ1n) is 6.07. The molecule has 0 aliphatic carbocycles. The van der Waals surface area contributed by atoms with Crippen molar-refractivity contribution >= 4 is 16.9 Å². The molecule has 19 heavy (non-hydrogen) atoms. The van der Waals surface area contributed by atoms with Crippen molar-refractivity contribution in [2.45, 2.75) is 6.92 Å². The van der Waals surface area contributed by atoms with Crippen LogP contribution in [-0.2, 0) is 16.5 Å². The number of nitrogens with zero attached hydrogens (tertiary/aromatic N) is 1. The monoisotopic (exact) mass is 263 g/mol. The van der Waals surface area contributed by atoms with Gasteiger partial charge in [0, 0.05) is 19.5 Å². The van der Waals surface area contributed by atoms with E-state index in [9.17, 15) is 4.79 Å². The van der Waals surface area contributed by atoms with Gasteiger partial charge in [-0.25, -0.2) is 4.79 Å². The first kappa shape index (κ1) is 13.4. The number of para-hydroxylation sites is 1. The van der Waals surface area contributed by atoms with Crippen LogP contribution in [0.25, 0.3) is 10.9 Å². The molecule has 0 aliphatic rings. The summed E-state index contributed by atoms with van der Waals surface area (Å²) in [4.78, 5) is 12.1. The molecule has 0 saturated carbocycles. The zero-order valence-electron chi connectivity index (χ0n) is 11.3. The second-order valence-corrected chi connectivity index (χ2v) is 4.03. The number of ether oxygens (including phenoxy) is 3. The lowest BCUT2D eigenvalue weighted by Gasteiger charge is -2.08. The number of fused-ring (bicyclic) bond motifs is 1. The van der Waals surface area contributed by atoms with Gasteiger partial charge >= 0.3 is 5.97 Å². The predicted molar refractivity (Wildman–Crippen MR) is 71.4 cm³/mol. The Hall–Kier alpha value is -2.01. The molecule has 0 unspecified atom stereocenters. The molecule has 0 fully saturated rings. The summed E-state index contributed by atoms with van der Waals surface area (Å²) in [6.45, 7) is 2.18. The molecule has 2 rings (SSSR count). The van der Waals surface area contributed by atoms with E-state index >= 15 is 0 Å². The van der Waals surface area contributed by atoms with Gasteiger partial charge in [0.05, 0.1) is 12.1 Å². The first-order valence-corrected chi connectivity index (χ1v) is 6.07. The summed E-state index contributed by atoms with van der Waals surface area (Å²) in [5, 5.41) is 0.866. The van der Waals surface area contributed by atoms with E-state index < -0.39 is 5.97 Å². The van der Waals surface area contributed by atoms with Crippen molar-refractivity contribution in [3.05, 3.63) is 30.0 Å². The van der Waals surface area contributed by atoms with Crippen LogP contribution in [0.15, 0.2) is 24.3 Å². The number of carbonyl (C=O) groups excluding carboxylic acids is 1. The van der Waals surface area contributed by atoms with Crippen LogP contribution in [-0.4, -0.2) is 31.0 Å². The lowest BCUT2D eigenvalue weighted by molar-refractivity contribution is 0.0435. The molecule has 5 heteroatoms. The number of esters is 1. The molecule has 0 aliphatic heterocycles. The SMILES string of the molecule is CCOC(=O)c1c(OCOC)c2ccccc2n1C. The summed E-state index contributed by atoms with van der Waals surface area (Å²) in [5.74, 6) is 0.103. The van der Waals surface area contributed by atoms with Gasteiger partial charge in [-0.15, -0.1) is 0 Å². The molecule has 0 bridgehead atoms. The van der Waals surface area contributed by atoms with Crippen LogP contribution < -0.4 is 4.74 Å². The number of benzene rings is 1. The highest BCUT2D eigenvalue weighted by molar-refractivity contribution is 6.01. The van der Waals surface area contributed by atoms with E-state index in [0.717, 1.165) is 10.9 Å². The van der Waals surface area contributed by atoms with Gasteiger partial charge in [0.15, 0.2) is 18.2 Å². The summed E-state index contributed by atoms with van der Waals surface area (Å²) in [6.07, 6.45) is 0. The topological polar surface area (TPSA) is 49.7 Å². The summed E-state index contributed by atoms with van der Waals surface area (Å²) < 4.78 is 17.3. The maximum absolute atomic E-state index is 12.1. The van der Waals surface area contributed by atoms with Crippen LogP contribution >= 0.6 is 0 Å². The normalized spacial score (nSPS) is 10.7. The van der Waals surface area contributed by atoms with Crippen LogP contribution in [0.4, 0.5) is 0 Å². The molecule has 2 aromatic rings. The molecule has 0 amide bonds. The minimum atomic E-state index is -0.396. The second kappa shape index (κ2) is 5.75. The van der Waals surface area contributed by atoms with E-state index in [4.69, 9.17) is 14.2 Å². The molecule has 0 saturated heterocycles. The third kappa shape index (κ3) is 2.42. The Morgan fingerprint density at radius 1 is 1.32 bits per heavy atom. The van der Waals surface area contributed by atoms with Crippen molar-refractivity contribution in [3.8, 4) is 5.75 Å². The standard InChI is InChI=1S/C14H17NO4/c1-4-18-14(16)12-13(19-9-17-3)10-7-5-6-8-11(10)15(12)2/h5-8H,4,9H2,1-3H3. The molecule has 102 valence electrons. The number of hydrogen-bond donors (Lipinski definition) is 0. The highest BCUT2D eigenvalue weighted by Gasteiger charge is 2.23. The molecule has 0 N–H and O–H groups in total. The molecule has 0 spiro atoms. The van der Waals surface area contributed by atoms with Gasteiger partial charge in [0.25, 0.3) is 0 Å². The van der Waals surface area contributed by atoms with Crippen LogP contribution in [0.3, 0.4) is 0 Å². The Morgan fingerprint density at radius 3 is 2.74 bits per heavy atom. The van der Waals surface area contributed by atoms with E-state index in [2.05, 4.69) is 0 Å². The van der Waals surface area contributed by atoms with Gasteiger partial charge < -0.3 is 18.8 Å². The first-order chi connectivity index (χ1) is 9.20. The third-order valence-corrected chi connectivity index (χ3v) is 2.85. The Labute approximate surface area is 111 Å². The lowest BCUT2D eigenvalue weighted by atomic mass is 10.2. The highest BCUT2D eigenvalue weighted by atomic mass is 16.7. The average molecular weight is 263 g/mol. The largest absolute Gasteiger partial charge is 0.464 e. The zero-order valence-corrected chi connectivity index (χ0v) is 11.3. The van der Waals surface area contributed by atoms with Gasteiger partial charge in [-0.05, 0) is 19.1 Å². The Morgan fingerprint density at radius 2 is 2.05 bits per heavy atom. The van der Waals surface area contributed by atoms with Crippen molar-refractivity contribution in [1.82, 2.24) is 4.57 Å². The smallest absolute Gasteiger partial charge is 0.358 e. The molecule has 0 atom stereocenters. The summed E-state index contributed by atoms with van der Waals surface area (Å²) in [7, 11) is 3.35. The summed E-state index contributed by atoms with van der Waals surface area (Å²) in [5.41, 5.74) is 1.32. The van der Waals surface area contributed by atoms with Crippen molar-refractivity contribution in [2.75, 3.05) is 20.5 Å². The van der Waals surface area contributed by atoms with Gasteiger partial charge in [0.2, 0.25) is 0 Å². The van der Waals surface area contributed by atoms with Gasteiger partial charge in [0.1, 0.15) is 0 Å². The Bertz CT molecular complexity index is 588. The Balaban J connectivity index is 2.58. The van der Waals surface area contributed by atoms with Crippen molar-refractivity contribution in [2.24, 2.45) is 7.05 Å². The van der Waals surface area contributed by atoms with Crippen LogP contribution in [0.5, 0.6) is 5.75 Å². The van der Waals surface area contributed by atoms with E-state index in [-0.39, 0.29) is 6.79 Å². The van der Waals surface area contributed by atoms with Gasteiger partial charge in [-0.1, -0.05) is 12.1 Å². The number of aromatic nitrogens is 1. The predicted octanol–water partition coefficient (Wildman–Crippen LogP) is 2.34. The van der Waals surface area contributed by atoms with E-state index in [1.807, 2.05) is 31.3 Å². The van der Waals surface area contributed by atoms with Crippen molar-refractivity contribution < 1.29 is 19.0 Å². The molecule has 1 aromatic carbocycles. The number of methoxy groups -OCH3 is 1. The van der Waals surface area contributed by atoms with Crippen LogP contribution in [0.1, 0.15) is 17.4 Å². The summed E-state index contributed by atoms with van der Waals surface area (Å²) in [6, 6.07) is 7.65. The lowest BCUT2D eigenvalue weighted by Crippen LogP contribution is -2.12. The number of hydrogen-bond acceptors (Lipinski definition) is 4. The fourth-order valence-electron chi connectivity index (χ4n) is 2.05. The van der Waals surface area contributed by atoms with E-state index in [0.29, 0.717) is 18.1 Å². The highest BCUT2D eigenvalue weighted by Crippen LogP contribution is 2.33. The molecular weight excluding hydrogens is 246 g/mol. The van der Waals surface area contributed by atoms with Crippen LogP contribution in [0, 0.1) is 0 Å². The fraction of sp³-hybridized carbons (Fsp3) is 0.357. The van der Waals surface area contributed by atoms with Gasteiger partial charge in [-0.2, -0.15) is 0 Å².